The molecule has 4 nitrogen and oxygen atoms in total. The average molecular weight is 235 g/mol. The van der Waals surface area contributed by atoms with Crippen LogP contribution >= 0.6 is 0 Å². The lowest BCUT2D eigenvalue weighted by molar-refractivity contribution is -0.122. The van der Waals surface area contributed by atoms with Crippen LogP contribution in [0.5, 0.6) is 0 Å². The van der Waals surface area contributed by atoms with Crippen molar-refractivity contribution in [2.24, 2.45) is 17.8 Å². The quantitative estimate of drug-likeness (QED) is 0.783. The summed E-state index contributed by atoms with van der Waals surface area (Å²) in [4.78, 5) is 11.2. The summed E-state index contributed by atoms with van der Waals surface area (Å²) in [6.07, 6.45) is 0. The number of hydrogen-bond acceptors (Lipinski definition) is 3. The van der Waals surface area contributed by atoms with E-state index in [0.29, 0.717) is 0 Å². The zero-order chi connectivity index (χ0) is 12.2. The van der Waals surface area contributed by atoms with Crippen LogP contribution in [0.25, 0.3) is 0 Å². The Morgan fingerprint density at radius 1 is 1.13 bits per heavy atom. The third-order valence-electron chi connectivity index (χ3n) is 2.40. The largest absolute Gasteiger partial charge is 0.274 e. The summed E-state index contributed by atoms with van der Waals surface area (Å²) in [5, 5.41) is 0. The normalized spacial score (nSPS) is 14.3. The second-order valence-electron chi connectivity index (χ2n) is 4.62. The first kappa shape index (κ1) is 14.4. The van der Waals surface area contributed by atoms with Gasteiger partial charge in [0, 0.05) is 5.92 Å². The fourth-order valence-corrected chi connectivity index (χ4v) is 2.55. The third-order valence-corrected chi connectivity index (χ3v) is 3.88. The van der Waals surface area contributed by atoms with E-state index in [4.69, 9.17) is 0 Å². The van der Waals surface area contributed by atoms with Gasteiger partial charge in [0.1, 0.15) is 0 Å². The molecule has 0 heterocycles. The molecule has 0 aromatic rings. The predicted molar refractivity (Wildman–Crippen MR) is 60.8 cm³/mol. The number of amides is 1. The molecule has 0 saturated heterocycles. The zero-order valence-electron chi connectivity index (χ0n) is 10.1. The molecular formula is C10H21NO3S. The highest BCUT2D eigenvalue weighted by atomic mass is 32.2. The van der Waals surface area contributed by atoms with Crippen LogP contribution in [-0.4, -0.2) is 20.1 Å². The molecule has 0 aliphatic heterocycles. The van der Waals surface area contributed by atoms with Gasteiger partial charge >= 0.3 is 0 Å². The van der Waals surface area contributed by atoms with E-state index in [2.05, 4.69) is 4.72 Å². The molecule has 0 rings (SSSR count). The van der Waals surface area contributed by atoms with Crippen molar-refractivity contribution in [2.75, 3.05) is 5.75 Å². The molecule has 0 aliphatic rings. The van der Waals surface area contributed by atoms with E-state index in [1.807, 2.05) is 20.8 Å². The minimum atomic E-state index is -3.47. The standard InChI is InChI=1S/C10H21NO3S/c1-7(2)9(5)6-15(13,14)11-10(12)8(3)4/h7-9H,6H2,1-5H3,(H,11,12)/t9-/m0/s1. The number of sulfonamides is 1. The van der Waals surface area contributed by atoms with Gasteiger partial charge in [-0.1, -0.05) is 34.6 Å². The lowest BCUT2D eigenvalue weighted by Crippen LogP contribution is -2.37. The molecule has 5 heteroatoms. The molecule has 1 amide bonds. The van der Waals surface area contributed by atoms with Crippen LogP contribution < -0.4 is 4.72 Å². The second kappa shape index (κ2) is 5.49. The van der Waals surface area contributed by atoms with Gasteiger partial charge in [0.05, 0.1) is 5.75 Å². The Bertz CT molecular complexity index is 307. The van der Waals surface area contributed by atoms with Crippen LogP contribution in [0.15, 0.2) is 0 Å². The Morgan fingerprint density at radius 3 is 1.93 bits per heavy atom. The van der Waals surface area contributed by atoms with Gasteiger partial charge in [0.25, 0.3) is 0 Å². The fourth-order valence-electron chi connectivity index (χ4n) is 0.851. The van der Waals surface area contributed by atoms with Crippen molar-refractivity contribution in [2.45, 2.75) is 34.6 Å². The van der Waals surface area contributed by atoms with Crippen LogP contribution in [0.2, 0.25) is 0 Å². The van der Waals surface area contributed by atoms with Crippen molar-refractivity contribution in [3.63, 3.8) is 0 Å². The zero-order valence-corrected chi connectivity index (χ0v) is 10.9. The molecule has 0 unspecified atom stereocenters. The van der Waals surface area contributed by atoms with E-state index in [-0.39, 0.29) is 23.5 Å². The first-order chi connectivity index (χ1) is 6.65. The summed E-state index contributed by atoms with van der Waals surface area (Å²) in [5.41, 5.74) is 0. The molecule has 0 fully saturated rings. The van der Waals surface area contributed by atoms with E-state index >= 15 is 0 Å². The third kappa shape index (κ3) is 5.77. The lowest BCUT2D eigenvalue weighted by Gasteiger charge is -2.16. The summed E-state index contributed by atoms with van der Waals surface area (Å²) >= 11 is 0. The van der Waals surface area contributed by atoms with Gasteiger partial charge in [0.15, 0.2) is 0 Å². The molecule has 0 aromatic heterocycles. The van der Waals surface area contributed by atoms with E-state index in [0.717, 1.165) is 0 Å². The van der Waals surface area contributed by atoms with Gasteiger partial charge < -0.3 is 0 Å². The number of carbonyl (C=O) groups is 1. The van der Waals surface area contributed by atoms with Crippen molar-refractivity contribution in [3.05, 3.63) is 0 Å². The van der Waals surface area contributed by atoms with Gasteiger partial charge in [-0.3, -0.25) is 9.52 Å². The summed E-state index contributed by atoms with van der Waals surface area (Å²) in [7, 11) is -3.47. The molecule has 1 N–H and O–H groups in total. The highest BCUT2D eigenvalue weighted by Crippen LogP contribution is 2.11. The Hall–Kier alpha value is -0.580. The number of rotatable bonds is 5. The molecule has 0 bridgehead atoms. The molecule has 90 valence electrons. The molecule has 1 atom stereocenters. The Kier molecular flexibility index (Phi) is 5.28. The van der Waals surface area contributed by atoms with Crippen molar-refractivity contribution in [3.8, 4) is 0 Å². The van der Waals surface area contributed by atoms with E-state index in [1.165, 1.54) is 0 Å². The maximum Gasteiger partial charge on any atom is 0.235 e. The molecule has 0 radical (unpaired) electrons. The Labute approximate surface area is 92.5 Å². The molecule has 15 heavy (non-hydrogen) atoms. The van der Waals surface area contributed by atoms with Gasteiger partial charge in [-0.15, -0.1) is 0 Å². The predicted octanol–water partition coefficient (Wildman–Crippen LogP) is 1.38. The van der Waals surface area contributed by atoms with Crippen LogP contribution in [0, 0.1) is 17.8 Å². The number of carbonyl (C=O) groups excluding carboxylic acids is 1. The van der Waals surface area contributed by atoms with Crippen molar-refractivity contribution >= 4 is 15.9 Å². The highest BCUT2D eigenvalue weighted by molar-refractivity contribution is 7.90. The van der Waals surface area contributed by atoms with Crippen molar-refractivity contribution in [1.29, 1.82) is 0 Å². The molecule has 0 spiro atoms. The first-order valence-corrected chi connectivity index (χ1v) is 6.85. The van der Waals surface area contributed by atoms with Gasteiger partial charge in [0.2, 0.25) is 15.9 Å². The summed E-state index contributed by atoms with van der Waals surface area (Å²) in [6.45, 7) is 9.12. The van der Waals surface area contributed by atoms with Crippen LogP contribution in [-0.2, 0) is 14.8 Å². The minimum Gasteiger partial charge on any atom is -0.274 e. The summed E-state index contributed by atoms with van der Waals surface area (Å²) in [6, 6.07) is 0. The Morgan fingerprint density at radius 2 is 1.60 bits per heavy atom. The average Bonchev–Trinajstić information content (AvgIpc) is 2.01. The van der Waals surface area contributed by atoms with Crippen molar-refractivity contribution < 1.29 is 13.2 Å². The smallest absolute Gasteiger partial charge is 0.235 e. The van der Waals surface area contributed by atoms with Gasteiger partial charge in [-0.05, 0) is 11.8 Å². The van der Waals surface area contributed by atoms with E-state index < -0.39 is 15.9 Å². The topological polar surface area (TPSA) is 63.2 Å². The minimum absolute atomic E-state index is 0.00310. The van der Waals surface area contributed by atoms with Crippen LogP contribution in [0.1, 0.15) is 34.6 Å². The monoisotopic (exact) mass is 235 g/mol. The maximum absolute atomic E-state index is 11.5. The van der Waals surface area contributed by atoms with Crippen molar-refractivity contribution in [1.82, 2.24) is 4.72 Å². The summed E-state index contributed by atoms with van der Waals surface area (Å²) in [5.74, 6) is -0.415. The molecule has 0 aromatic carbocycles. The lowest BCUT2D eigenvalue weighted by atomic mass is 10.0. The highest BCUT2D eigenvalue weighted by Gasteiger charge is 2.21. The van der Waals surface area contributed by atoms with Crippen LogP contribution in [0.3, 0.4) is 0 Å². The SMILES string of the molecule is CC(C)C(=O)NS(=O)(=O)C[C@H](C)C(C)C. The molecule has 0 saturated carbocycles. The van der Waals surface area contributed by atoms with Gasteiger partial charge in [-0.25, -0.2) is 8.42 Å². The fraction of sp³-hybridized carbons (Fsp3) is 0.900. The summed E-state index contributed by atoms with van der Waals surface area (Å²) < 4.78 is 25.1. The first-order valence-electron chi connectivity index (χ1n) is 5.20. The van der Waals surface area contributed by atoms with Crippen LogP contribution in [0.4, 0.5) is 0 Å². The van der Waals surface area contributed by atoms with E-state index in [1.54, 1.807) is 13.8 Å². The molecule has 0 aliphatic carbocycles. The van der Waals surface area contributed by atoms with Gasteiger partial charge in [-0.2, -0.15) is 0 Å². The Balaban J connectivity index is 4.39. The number of hydrogen-bond donors (Lipinski definition) is 1. The second-order valence-corrected chi connectivity index (χ2v) is 6.39. The number of nitrogens with one attached hydrogen (secondary N) is 1. The molecular weight excluding hydrogens is 214 g/mol. The maximum atomic E-state index is 11.5. The van der Waals surface area contributed by atoms with E-state index in [9.17, 15) is 13.2 Å².